The quantitative estimate of drug-likeness (QED) is 0.743. The summed E-state index contributed by atoms with van der Waals surface area (Å²) in [5, 5.41) is 5.58. The molecule has 0 aromatic heterocycles. The number of nitrogens with one attached hydrogen (secondary N) is 2. The summed E-state index contributed by atoms with van der Waals surface area (Å²) in [5.41, 5.74) is 1.95. The average Bonchev–Trinajstić information content (AvgIpc) is 2.67. The second kappa shape index (κ2) is 9.47. The highest BCUT2D eigenvalue weighted by Crippen LogP contribution is 2.38. The number of ether oxygens (including phenoxy) is 3. The lowest BCUT2D eigenvalue weighted by molar-refractivity contribution is -0.116. The van der Waals surface area contributed by atoms with Crippen molar-refractivity contribution in [3.63, 3.8) is 0 Å². The second-order valence-corrected chi connectivity index (χ2v) is 5.74. The van der Waals surface area contributed by atoms with Crippen LogP contribution in [0.2, 0.25) is 0 Å². The summed E-state index contributed by atoms with van der Waals surface area (Å²) >= 11 is 0. The number of hydrogen-bond donors (Lipinski definition) is 2. The minimum absolute atomic E-state index is 0.0871. The third-order valence-electron chi connectivity index (χ3n) is 3.84. The van der Waals surface area contributed by atoms with E-state index in [1.165, 1.54) is 21.3 Å². The van der Waals surface area contributed by atoms with Gasteiger partial charge in [-0.25, -0.2) is 0 Å². The van der Waals surface area contributed by atoms with Gasteiger partial charge in [0.2, 0.25) is 17.6 Å². The molecule has 7 heteroatoms. The summed E-state index contributed by atoms with van der Waals surface area (Å²) in [6.07, 6.45) is 0.514. The molecule has 0 saturated heterocycles. The van der Waals surface area contributed by atoms with E-state index in [0.717, 1.165) is 5.56 Å². The molecule has 2 aromatic rings. The van der Waals surface area contributed by atoms with Crippen molar-refractivity contribution < 1.29 is 23.8 Å². The van der Waals surface area contributed by atoms with Crippen molar-refractivity contribution in [1.29, 1.82) is 0 Å². The van der Waals surface area contributed by atoms with Crippen LogP contribution in [0.15, 0.2) is 36.4 Å². The van der Waals surface area contributed by atoms with Gasteiger partial charge < -0.3 is 24.8 Å². The molecule has 2 rings (SSSR count). The first kappa shape index (κ1) is 20.1. The SMILES string of the molecule is CCC(=O)Nc1cccc(NC(=O)Cc2cc(OC)c(OC)c(OC)c2)c1. The molecular weight excluding hydrogens is 348 g/mol. The number of methoxy groups -OCH3 is 3. The van der Waals surface area contributed by atoms with Crippen LogP contribution >= 0.6 is 0 Å². The molecule has 7 nitrogen and oxygen atoms in total. The first-order chi connectivity index (χ1) is 13.0. The first-order valence-corrected chi connectivity index (χ1v) is 8.49. The van der Waals surface area contributed by atoms with E-state index in [1.807, 2.05) is 0 Å². The fourth-order valence-electron chi connectivity index (χ4n) is 2.55. The van der Waals surface area contributed by atoms with Crippen molar-refractivity contribution in [3.05, 3.63) is 42.0 Å². The number of rotatable bonds is 8. The fourth-order valence-corrected chi connectivity index (χ4v) is 2.55. The standard InChI is InChI=1S/C20H24N2O5/c1-5-18(23)21-14-7-6-8-15(12-14)22-19(24)11-13-9-16(25-2)20(27-4)17(10-13)26-3/h6-10,12H,5,11H2,1-4H3,(H,21,23)(H,22,24). The number of amides is 2. The zero-order chi connectivity index (χ0) is 19.8. The largest absolute Gasteiger partial charge is 0.493 e. The van der Waals surface area contributed by atoms with E-state index in [2.05, 4.69) is 10.6 Å². The first-order valence-electron chi connectivity index (χ1n) is 8.49. The van der Waals surface area contributed by atoms with E-state index in [0.29, 0.717) is 35.0 Å². The molecule has 2 amide bonds. The van der Waals surface area contributed by atoms with Crippen molar-refractivity contribution in [3.8, 4) is 17.2 Å². The molecule has 2 aromatic carbocycles. The highest BCUT2D eigenvalue weighted by molar-refractivity contribution is 5.94. The molecule has 0 heterocycles. The van der Waals surface area contributed by atoms with Crippen LogP contribution in [-0.2, 0) is 16.0 Å². The molecule has 0 radical (unpaired) electrons. The Morgan fingerprint density at radius 1 is 0.852 bits per heavy atom. The number of hydrogen-bond acceptors (Lipinski definition) is 5. The molecule has 144 valence electrons. The van der Waals surface area contributed by atoms with Gasteiger partial charge in [0.15, 0.2) is 11.5 Å². The van der Waals surface area contributed by atoms with Gasteiger partial charge in [-0.15, -0.1) is 0 Å². The molecule has 0 atom stereocenters. The summed E-state index contributed by atoms with van der Waals surface area (Å²) in [6.45, 7) is 1.78. The normalized spacial score (nSPS) is 10.1. The summed E-state index contributed by atoms with van der Waals surface area (Å²) in [7, 11) is 4.57. The second-order valence-electron chi connectivity index (χ2n) is 5.74. The Kier molecular flexibility index (Phi) is 7.05. The molecule has 0 aliphatic rings. The number of anilines is 2. The van der Waals surface area contributed by atoms with E-state index < -0.39 is 0 Å². The molecule has 0 unspecified atom stereocenters. The van der Waals surface area contributed by atoms with Gasteiger partial charge in [0.1, 0.15) is 0 Å². The zero-order valence-corrected chi connectivity index (χ0v) is 15.9. The lowest BCUT2D eigenvalue weighted by atomic mass is 10.1. The summed E-state index contributed by atoms with van der Waals surface area (Å²) in [5.74, 6) is 1.16. The Balaban J connectivity index is 2.12. The van der Waals surface area contributed by atoms with Crippen LogP contribution in [0.25, 0.3) is 0 Å². The van der Waals surface area contributed by atoms with Gasteiger partial charge in [-0.2, -0.15) is 0 Å². The van der Waals surface area contributed by atoms with Gasteiger partial charge in [0.25, 0.3) is 0 Å². The van der Waals surface area contributed by atoms with Crippen LogP contribution in [-0.4, -0.2) is 33.1 Å². The summed E-state index contributed by atoms with van der Waals surface area (Å²) in [6, 6.07) is 10.5. The van der Waals surface area contributed by atoms with Gasteiger partial charge in [-0.1, -0.05) is 13.0 Å². The molecule has 0 saturated carbocycles. The van der Waals surface area contributed by atoms with Crippen LogP contribution in [0.5, 0.6) is 17.2 Å². The molecule has 0 aliphatic carbocycles. The predicted molar refractivity (Wildman–Crippen MR) is 104 cm³/mol. The minimum Gasteiger partial charge on any atom is -0.493 e. The highest BCUT2D eigenvalue weighted by atomic mass is 16.5. The predicted octanol–water partition coefficient (Wildman–Crippen LogP) is 3.24. The fraction of sp³-hybridized carbons (Fsp3) is 0.300. The minimum atomic E-state index is -0.205. The lowest BCUT2D eigenvalue weighted by Gasteiger charge is -2.14. The molecule has 0 aliphatic heterocycles. The molecule has 27 heavy (non-hydrogen) atoms. The van der Waals surface area contributed by atoms with Gasteiger partial charge in [-0.05, 0) is 35.9 Å². The van der Waals surface area contributed by atoms with Crippen molar-refractivity contribution in [2.24, 2.45) is 0 Å². The molecule has 0 bridgehead atoms. The van der Waals surface area contributed by atoms with Crippen LogP contribution in [0.3, 0.4) is 0 Å². The van der Waals surface area contributed by atoms with Gasteiger partial charge in [-0.3, -0.25) is 9.59 Å². The van der Waals surface area contributed by atoms with Gasteiger partial charge >= 0.3 is 0 Å². The van der Waals surface area contributed by atoms with E-state index in [9.17, 15) is 9.59 Å². The Hall–Kier alpha value is -3.22. The van der Waals surface area contributed by atoms with Gasteiger partial charge in [0, 0.05) is 17.8 Å². The van der Waals surface area contributed by atoms with Gasteiger partial charge in [0.05, 0.1) is 27.8 Å². The molecule has 0 spiro atoms. The summed E-state index contributed by atoms with van der Waals surface area (Å²) < 4.78 is 15.9. The lowest BCUT2D eigenvalue weighted by Crippen LogP contribution is -2.15. The maximum absolute atomic E-state index is 12.4. The number of benzene rings is 2. The monoisotopic (exact) mass is 372 g/mol. The van der Waals surface area contributed by atoms with Crippen LogP contribution in [0.4, 0.5) is 11.4 Å². The zero-order valence-electron chi connectivity index (χ0n) is 15.9. The van der Waals surface area contributed by atoms with Crippen molar-refractivity contribution in [2.45, 2.75) is 19.8 Å². The van der Waals surface area contributed by atoms with Crippen LogP contribution in [0.1, 0.15) is 18.9 Å². The number of carbonyl (C=O) groups excluding carboxylic acids is 2. The average molecular weight is 372 g/mol. The van der Waals surface area contributed by atoms with E-state index in [-0.39, 0.29) is 18.2 Å². The Labute approximate surface area is 158 Å². The Morgan fingerprint density at radius 3 is 1.89 bits per heavy atom. The Bertz CT molecular complexity index is 795. The maximum atomic E-state index is 12.4. The topological polar surface area (TPSA) is 85.9 Å². The maximum Gasteiger partial charge on any atom is 0.228 e. The van der Waals surface area contributed by atoms with Crippen molar-refractivity contribution in [1.82, 2.24) is 0 Å². The van der Waals surface area contributed by atoms with Crippen molar-refractivity contribution >= 4 is 23.2 Å². The smallest absolute Gasteiger partial charge is 0.228 e. The van der Waals surface area contributed by atoms with Crippen LogP contribution < -0.4 is 24.8 Å². The third kappa shape index (κ3) is 5.37. The molecular formula is C20H24N2O5. The van der Waals surface area contributed by atoms with E-state index in [4.69, 9.17) is 14.2 Å². The Morgan fingerprint density at radius 2 is 1.41 bits per heavy atom. The molecule has 0 fully saturated rings. The molecule has 2 N–H and O–H groups in total. The van der Waals surface area contributed by atoms with E-state index in [1.54, 1.807) is 43.3 Å². The summed E-state index contributed by atoms with van der Waals surface area (Å²) in [4.78, 5) is 23.9. The van der Waals surface area contributed by atoms with E-state index >= 15 is 0 Å². The highest BCUT2D eigenvalue weighted by Gasteiger charge is 2.15. The third-order valence-corrected chi connectivity index (χ3v) is 3.84. The number of carbonyl (C=O) groups is 2. The van der Waals surface area contributed by atoms with Crippen molar-refractivity contribution in [2.75, 3.05) is 32.0 Å². The van der Waals surface area contributed by atoms with Crippen LogP contribution in [0, 0.1) is 0 Å².